The molecule has 6 nitrogen and oxygen atoms in total. The SMILES string of the molecule is Cc1[nH]nc2c1C(c1cc(C#CCO)cc(C(F)(F)F)c1)(C(C)C)C(C#N)=C(N)O2. The molecular weight excluding hydrogens is 397 g/mol. The molecule has 0 amide bonds. The second-order valence-electron chi connectivity index (χ2n) is 7.20. The Morgan fingerprint density at radius 1 is 1.33 bits per heavy atom. The molecule has 1 aromatic heterocycles. The van der Waals surface area contributed by atoms with E-state index in [0.717, 1.165) is 12.1 Å². The van der Waals surface area contributed by atoms with Gasteiger partial charge in [-0.05, 0) is 36.6 Å². The van der Waals surface area contributed by atoms with Gasteiger partial charge in [0.2, 0.25) is 11.8 Å². The smallest absolute Gasteiger partial charge is 0.416 e. The number of hydrogen-bond acceptors (Lipinski definition) is 5. The van der Waals surface area contributed by atoms with E-state index in [1.165, 1.54) is 6.07 Å². The lowest BCUT2D eigenvalue weighted by Crippen LogP contribution is -2.41. The Labute approximate surface area is 171 Å². The van der Waals surface area contributed by atoms with Crippen LogP contribution in [-0.2, 0) is 11.6 Å². The first-order valence-corrected chi connectivity index (χ1v) is 9.03. The highest BCUT2D eigenvalue weighted by molar-refractivity contribution is 5.63. The van der Waals surface area contributed by atoms with Crippen molar-refractivity contribution >= 4 is 0 Å². The molecule has 0 fully saturated rings. The lowest BCUT2D eigenvalue weighted by atomic mass is 9.61. The monoisotopic (exact) mass is 416 g/mol. The molecular formula is C21H19F3N4O2. The van der Waals surface area contributed by atoms with Crippen molar-refractivity contribution in [1.82, 2.24) is 10.2 Å². The highest BCUT2D eigenvalue weighted by Gasteiger charge is 2.51. The van der Waals surface area contributed by atoms with Gasteiger partial charge in [0.15, 0.2) is 0 Å². The average Bonchev–Trinajstić information content (AvgIpc) is 3.04. The van der Waals surface area contributed by atoms with E-state index in [4.69, 9.17) is 15.6 Å². The predicted molar refractivity (Wildman–Crippen MR) is 102 cm³/mol. The molecule has 2 aromatic rings. The van der Waals surface area contributed by atoms with Crippen LogP contribution in [0.3, 0.4) is 0 Å². The van der Waals surface area contributed by atoms with Crippen molar-refractivity contribution in [3.63, 3.8) is 0 Å². The highest BCUT2D eigenvalue weighted by Crippen LogP contribution is 2.53. The van der Waals surface area contributed by atoms with Crippen molar-refractivity contribution in [1.29, 1.82) is 5.26 Å². The Morgan fingerprint density at radius 2 is 2.03 bits per heavy atom. The van der Waals surface area contributed by atoms with E-state index >= 15 is 0 Å². The van der Waals surface area contributed by atoms with Gasteiger partial charge in [-0.1, -0.05) is 25.7 Å². The number of rotatable bonds is 2. The van der Waals surface area contributed by atoms with Crippen molar-refractivity contribution in [2.75, 3.05) is 6.61 Å². The standard InChI is InChI=1S/C21H19F3N4O2/c1-11(2)20(16(10-25)18(26)30-19-17(20)12(3)27-28-19)14-7-13(5-4-6-29)8-15(9-14)21(22,23)24/h7-9,11,29H,6,26H2,1-3H3,(H,27,28). The van der Waals surface area contributed by atoms with Crippen molar-refractivity contribution in [2.24, 2.45) is 11.7 Å². The van der Waals surface area contributed by atoms with Crippen LogP contribution in [0.25, 0.3) is 0 Å². The Bertz CT molecular complexity index is 1130. The highest BCUT2D eigenvalue weighted by atomic mass is 19.4. The van der Waals surface area contributed by atoms with Gasteiger partial charge in [-0.15, -0.1) is 5.10 Å². The summed E-state index contributed by atoms with van der Waals surface area (Å²) < 4.78 is 46.6. The largest absolute Gasteiger partial charge is 0.420 e. The molecule has 0 saturated carbocycles. The summed E-state index contributed by atoms with van der Waals surface area (Å²) in [6, 6.07) is 5.41. The Kier molecular flexibility index (Phi) is 5.27. The number of aliphatic hydroxyl groups is 1. The van der Waals surface area contributed by atoms with Gasteiger partial charge in [-0.2, -0.15) is 18.4 Å². The van der Waals surface area contributed by atoms with Crippen molar-refractivity contribution in [2.45, 2.75) is 32.4 Å². The molecule has 0 radical (unpaired) electrons. The number of allylic oxidation sites excluding steroid dienone is 1. The first kappa shape index (κ1) is 21.3. The molecule has 0 bridgehead atoms. The zero-order chi connectivity index (χ0) is 22.3. The van der Waals surface area contributed by atoms with Gasteiger partial charge in [0.05, 0.1) is 16.5 Å². The van der Waals surface area contributed by atoms with Crippen LogP contribution in [-0.4, -0.2) is 21.9 Å². The molecule has 156 valence electrons. The van der Waals surface area contributed by atoms with Crippen LogP contribution in [0.5, 0.6) is 5.88 Å². The number of fused-ring (bicyclic) bond motifs is 1. The molecule has 1 aliphatic heterocycles. The maximum absolute atomic E-state index is 13.7. The fourth-order valence-electron chi connectivity index (χ4n) is 3.99. The normalized spacial score (nSPS) is 18.4. The topological polar surface area (TPSA) is 108 Å². The Balaban J connectivity index is 2.48. The van der Waals surface area contributed by atoms with E-state index < -0.39 is 29.7 Å². The lowest BCUT2D eigenvalue weighted by molar-refractivity contribution is -0.137. The summed E-state index contributed by atoms with van der Waals surface area (Å²) in [5.41, 5.74) is 4.96. The number of halogens is 3. The number of H-pyrrole nitrogens is 1. The molecule has 3 rings (SSSR count). The van der Waals surface area contributed by atoms with E-state index in [-0.39, 0.29) is 28.5 Å². The summed E-state index contributed by atoms with van der Waals surface area (Å²) in [7, 11) is 0. The number of nitriles is 1. The predicted octanol–water partition coefficient (Wildman–Crippen LogP) is 3.11. The minimum atomic E-state index is -4.65. The third-order valence-electron chi connectivity index (χ3n) is 5.16. The molecule has 2 heterocycles. The molecule has 9 heteroatoms. The van der Waals surface area contributed by atoms with Crippen molar-refractivity contribution in [3.8, 4) is 23.8 Å². The second kappa shape index (κ2) is 7.43. The van der Waals surface area contributed by atoms with Crippen LogP contribution in [0, 0.1) is 36.0 Å². The number of aliphatic hydroxyl groups excluding tert-OH is 1. The number of aryl methyl sites for hydroxylation is 1. The number of nitrogens with zero attached hydrogens (tertiary/aromatic N) is 2. The van der Waals surface area contributed by atoms with E-state index in [9.17, 15) is 18.4 Å². The van der Waals surface area contributed by atoms with E-state index in [2.05, 4.69) is 22.0 Å². The molecule has 1 atom stereocenters. The number of aromatic nitrogens is 2. The summed E-state index contributed by atoms with van der Waals surface area (Å²) in [6.45, 7) is 4.76. The molecule has 1 aromatic carbocycles. The van der Waals surface area contributed by atoms with Crippen LogP contribution in [0.4, 0.5) is 13.2 Å². The quantitative estimate of drug-likeness (QED) is 0.652. The van der Waals surface area contributed by atoms with Gasteiger partial charge in [0, 0.05) is 11.3 Å². The molecule has 0 spiro atoms. The molecule has 4 N–H and O–H groups in total. The Hall–Kier alpha value is -3.43. The number of nitrogens with two attached hydrogens (primary N) is 1. The van der Waals surface area contributed by atoms with Gasteiger partial charge >= 0.3 is 6.18 Å². The van der Waals surface area contributed by atoms with E-state index in [1.54, 1.807) is 20.8 Å². The molecule has 0 aliphatic carbocycles. The zero-order valence-electron chi connectivity index (χ0n) is 16.5. The number of benzene rings is 1. The van der Waals surface area contributed by atoms with Gasteiger partial charge in [0.1, 0.15) is 18.2 Å². The second-order valence-corrected chi connectivity index (χ2v) is 7.20. The van der Waals surface area contributed by atoms with Crippen LogP contribution < -0.4 is 10.5 Å². The molecule has 1 unspecified atom stereocenters. The lowest BCUT2D eigenvalue weighted by Gasteiger charge is -2.41. The summed E-state index contributed by atoms with van der Waals surface area (Å²) in [6.07, 6.45) is -4.65. The summed E-state index contributed by atoms with van der Waals surface area (Å²) >= 11 is 0. The van der Waals surface area contributed by atoms with Crippen LogP contribution in [0.15, 0.2) is 29.7 Å². The van der Waals surface area contributed by atoms with Crippen molar-refractivity contribution in [3.05, 3.63) is 57.6 Å². The fourth-order valence-corrected chi connectivity index (χ4v) is 3.99. The molecule has 30 heavy (non-hydrogen) atoms. The van der Waals surface area contributed by atoms with Gasteiger partial charge in [0.25, 0.3) is 0 Å². The maximum Gasteiger partial charge on any atom is 0.416 e. The number of alkyl halides is 3. The first-order valence-electron chi connectivity index (χ1n) is 9.03. The van der Waals surface area contributed by atoms with E-state index in [1.807, 2.05) is 6.07 Å². The minimum Gasteiger partial charge on any atom is -0.420 e. The van der Waals surface area contributed by atoms with Gasteiger partial charge in [-0.3, -0.25) is 5.10 Å². The van der Waals surface area contributed by atoms with Crippen LogP contribution in [0.1, 0.15) is 41.8 Å². The number of hydrogen-bond donors (Lipinski definition) is 3. The third-order valence-corrected chi connectivity index (χ3v) is 5.16. The maximum atomic E-state index is 13.7. The number of ether oxygens (including phenoxy) is 1. The molecule has 1 aliphatic rings. The van der Waals surface area contributed by atoms with Gasteiger partial charge in [-0.25, -0.2) is 0 Å². The summed E-state index contributed by atoms with van der Waals surface area (Å²) in [5.74, 6) is 4.40. The van der Waals surface area contributed by atoms with Crippen LogP contribution in [0.2, 0.25) is 0 Å². The zero-order valence-corrected chi connectivity index (χ0v) is 16.5. The number of aromatic amines is 1. The van der Waals surface area contributed by atoms with E-state index in [0.29, 0.717) is 11.3 Å². The van der Waals surface area contributed by atoms with Crippen molar-refractivity contribution < 1.29 is 23.0 Å². The average molecular weight is 416 g/mol. The Morgan fingerprint density at radius 3 is 2.60 bits per heavy atom. The molecule has 0 saturated heterocycles. The summed E-state index contributed by atoms with van der Waals surface area (Å²) in [4.78, 5) is 0. The van der Waals surface area contributed by atoms with Crippen LogP contribution >= 0.6 is 0 Å². The minimum absolute atomic E-state index is 0.00473. The number of nitrogens with one attached hydrogen (secondary N) is 1. The third kappa shape index (κ3) is 3.17. The first-order chi connectivity index (χ1) is 14.1. The summed E-state index contributed by atoms with van der Waals surface area (Å²) in [5, 5.41) is 25.7. The fraction of sp³-hybridized carbons (Fsp3) is 0.333. The van der Waals surface area contributed by atoms with Gasteiger partial charge < -0.3 is 15.6 Å².